The zero-order chi connectivity index (χ0) is 22.7. The Hall–Kier alpha value is -2.28. The summed E-state index contributed by atoms with van der Waals surface area (Å²) in [7, 11) is -3.75. The Morgan fingerprint density at radius 1 is 1.13 bits per heavy atom. The zero-order valence-electron chi connectivity index (χ0n) is 16.2. The fourth-order valence-corrected chi connectivity index (χ4v) is 4.16. The van der Waals surface area contributed by atoms with Crippen LogP contribution in [0.1, 0.15) is 30.5 Å². The highest BCUT2D eigenvalue weighted by molar-refractivity contribution is 7.92. The molecule has 0 aliphatic carbocycles. The SMILES string of the molecule is CC(C)S(=O)(=O)CC(O)(CNc1ccc(C#N)c(Cl)c1)c1ccc(C(F)(F)F)cc1. The lowest BCUT2D eigenvalue weighted by atomic mass is 9.94. The second-order valence-corrected chi connectivity index (χ2v) is 10.1. The number of benzene rings is 2. The van der Waals surface area contributed by atoms with E-state index >= 15 is 0 Å². The molecule has 0 aliphatic rings. The first-order chi connectivity index (χ1) is 13.8. The number of nitrogens with zero attached hydrogens (tertiary/aromatic N) is 1. The van der Waals surface area contributed by atoms with E-state index < -0.39 is 38.2 Å². The third kappa shape index (κ3) is 5.65. The topological polar surface area (TPSA) is 90.2 Å². The summed E-state index contributed by atoms with van der Waals surface area (Å²) in [6.45, 7) is 2.60. The van der Waals surface area contributed by atoms with Crippen LogP contribution in [0.2, 0.25) is 5.02 Å². The van der Waals surface area contributed by atoms with Crippen molar-refractivity contribution in [3.8, 4) is 6.07 Å². The highest BCUT2D eigenvalue weighted by Crippen LogP contribution is 2.32. The third-order valence-electron chi connectivity index (χ3n) is 4.58. The van der Waals surface area contributed by atoms with E-state index in [1.54, 1.807) is 0 Å². The Labute approximate surface area is 178 Å². The molecule has 0 aromatic heterocycles. The maximum atomic E-state index is 12.9. The van der Waals surface area contributed by atoms with Crippen molar-refractivity contribution in [1.82, 2.24) is 0 Å². The van der Waals surface area contributed by atoms with Crippen LogP contribution in [-0.4, -0.2) is 31.1 Å². The Kier molecular flexibility index (Phi) is 7.07. The highest BCUT2D eigenvalue weighted by atomic mass is 35.5. The molecule has 0 fully saturated rings. The van der Waals surface area contributed by atoms with Gasteiger partial charge in [0.1, 0.15) is 11.7 Å². The lowest BCUT2D eigenvalue weighted by Gasteiger charge is -2.30. The van der Waals surface area contributed by atoms with Gasteiger partial charge in [0.05, 0.1) is 27.2 Å². The zero-order valence-corrected chi connectivity index (χ0v) is 17.7. The van der Waals surface area contributed by atoms with Gasteiger partial charge in [0.2, 0.25) is 0 Å². The molecule has 1 atom stereocenters. The molecule has 2 rings (SSSR count). The number of hydrogen-bond acceptors (Lipinski definition) is 5. The van der Waals surface area contributed by atoms with Gasteiger partial charge in [0.15, 0.2) is 9.84 Å². The van der Waals surface area contributed by atoms with Crippen molar-refractivity contribution >= 4 is 27.1 Å². The number of halogens is 4. The van der Waals surface area contributed by atoms with Gasteiger partial charge in [0.25, 0.3) is 0 Å². The minimum atomic E-state index is -4.56. The molecule has 0 amide bonds. The van der Waals surface area contributed by atoms with E-state index in [9.17, 15) is 26.7 Å². The van der Waals surface area contributed by atoms with Crippen LogP contribution in [-0.2, 0) is 21.6 Å². The Balaban J connectivity index is 2.39. The molecule has 30 heavy (non-hydrogen) atoms. The first kappa shape index (κ1) is 24.0. The van der Waals surface area contributed by atoms with Crippen molar-refractivity contribution in [2.24, 2.45) is 0 Å². The Morgan fingerprint density at radius 2 is 1.70 bits per heavy atom. The second kappa shape index (κ2) is 8.84. The number of nitrogens with one attached hydrogen (secondary N) is 1. The lowest BCUT2D eigenvalue weighted by molar-refractivity contribution is -0.137. The normalized spacial score (nSPS) is 14.2. The van der Waals surface area contributed by atoms with Crippen molar-refractivity contribution in [2.45, 2.75) is 30.9 Å². The minimum absolute atomic E-state index is 0.0203. The van der Waals surface area contributed by atoms with Crippen LogP contribution in [0.15, 0.2) is 42.5 Å². The van der Waals surface area contributed by atoms with Gasteiger partial charge in [-0.1, -0.05) is 23.7 Å². The van der Waals surface area contributed by atoms with Crippen LogP contribution in [0, 0.1) is 11.3 Å². The van der Waals surface area contributed by atoms with Gasteiger partial charge < -0.3 is 10.4 Å². The van der Waals surface area contributed by atoms with Crippen molar-refractivity contribution in [3.05, 3.63) is 64.2 Å². The van der Waals surface area contributed by atoms with Crippen LogP contribution in [0.5, 0.6) is 0 Å². The molecule has 0 saturated carbocycles. The molecule has 0 bridgehead atoms. The average Bonchev–Trinajstić information content (AvgIpc) is 2.65. The molecule has 5 nitrogen and oxygen atoms in total. The molecule has 162 valence electrons. The Bertz CT molecular complexity index is 1050. The second-order valence-electron chi connectivity index (χ2n) is 7.12. The van der Waals surface area contributed by atoms with E-state index in [-0.39, 0.29) is 22.7 Å². The van der Waals surface area contributed by atoms with Gasteiger partial charge in [-0.05, 0) is 49.7 Å². The molecule has 0 aliphatic heterocycles. The van der Waals surface area contributed by atoms with Gasteiger partial charge >= 0.3 is 6.18 Å². The number of alkyl halides is 3. The van der Waals surface area contributed by atoms with E-state index in [0.29, 0.717) is 5.69 Å². The smallest absolute Gasteiger partial charge is 0.382 e. The molecule has 2 aromatic rings. The predicted molar refractivity (Wildman–Crippen MR) is 109 cm³/mol. The number of rotatable bonds is 7. The molecule has 1 unspecified atom stereocenters. The minimum Gasteiger partial charge on any atom is -0.382 e. The Morgan fingerprint density at radius 3 is 2.17 bits per heavy atom. The van der Waals surface area contributed by atoms with Crippen LogP contribution in [0.25, 0.3) is 0 Å². The molecule has 2 N–H and O–H groups in total. The fraction of sp³-hybridized carbons (Fsp3) is 0.350. The molecule has 0 spiro atoms. The summed E-state index contributed by atoms with van der Waals surface area (Å²) in [5.74, 6) is -0.694. The first-order valence-electron chi connectivity index (χ1n) is 8.84. The maximum absolute atomic E-state index is 12.9. The van der Waals surface area contributed by atoms with Crippen LogP contribution >= 0.6 is 11.6 Å². The lowest BCUT2D eigenvalue weighted by Crippen LogP contribution is -2.42. The largest absolute Gasteiger partial charge is 0.416 e. The van der Waals surface area contributed by atoms with Crippen molar-refractivity contribution < 1.29 is 26.7 Å². The van der Waals surface area contributed by atoms with E-state index in [1.165, 1.54) is 32.0 Å². The molecule has 10 heteroatoms. The standard InChI is InChI=1S/C20H20ClF3N2O3S/c1-13(2)30(28,29)12-19(27,15-4-6-16(7-5-15)20(22,23)24)11-26-17-8-3-14(10-25)18(21)9-17/h3-9,13,26-27H,11-12H2,1-2H3. The van der Waals surface area contributed by atoms with Crippen LogP contribution < -0.4 is 5.32 Å². The van der Waals surface area contributed by atoms with E-state index in [1.807, 2.05) is 6.07 Å². The number of nitriles is 1. The number of sulfone groups is 1. The van der Waals surface area contributed by atoms with E-state index in [0.717, 1.165) is 24.3 Å². The number of anilines is 1. The molecule has 0 radical (unpaired) electrons. The van der Waals surface area contributed by atoms with Crippen molar-refractivity contribution in [2.75, 3.05) is 17.6 Å². The summed E-state index contributed by atoms with van der Waals surface area (Å²) in [4.78, 5) is 0. The van der Waals surface area contributed by atoms with Crippen molar-refractivity contribution in [1.29, 1.82) is 5.26 Å². The number of aliphatic hydroxyl groups is 1. The molecule has 2 aromatic carbocycles. The average molecular weight is 461 g/mol. The monoisotopic (exact) mass is 460 g/mol. The third-order valence-corrected chi connectivity index (χ3v) is 7.21. The van der Waals surface area contributed by atoms with Gasteiger partial charge in [-0.2, -0.15) is 18.4 Å². The van der Waals surface area contributed by atoms with Gasteiger partial charge in [-0.15, -0.1) is 0 Å². The quantitative estimate of drug-likeness (QED) is 0.641. The van der Waals surface area contributed by atoms with Gasteiger partial charge in [0, 0.05) is 12.2 Å². The highest BCUT2D eigenvalue weighted by Gasteiger charge is 2.37. The summed E-state index contributed by atoms with van der Waals surface area (Å²) >= 11 is 5.98. The first-order valence-corrected chi connectivity index (χ1v) is 10.9. The fourth-order valence-electron chi connectivity index (χ4n) is 2.67. The van der Waals surface area contributed by atoms with Crippen LogP contribution in [0.4, 0.5) is 18.9 Å². The van der Waals surface area contributed by atoms with E-state index in [4.69, 9.17) is 16.9 Å². The van der Waals surface area contributed by atoms with Gasteiger partial charge in [-0.25, -0.2) is 8.42 Å². The summed E-state index contributed by atoms with van der Waals surface area (Å²) in [6.07, 6.45) is -4.56. The van der Waals surface area contributed by atoms with Crippen LogP contribution in [0.3, 0.4) is 0 Å². The molecular formula is C20H20ClF3N2O3S. The summed E-state index contributed by atoms with van der Waals surface area (Å²) < 4.78 is 63.5. The van der Waals surface area contributed by atoms with Gasteiger partial charge in [-0.3, -0.25) is 0 Å². The number of hydrogen-bond donors (Lipinski definition) is 2. The maximum Gasteiger partial charge on any atom is 0.416 e. The van der Waals surface area contributed by atoms with E-state index in [2.05, 4.69) is 5.32 Å². The summed E-state index contributed by atoms with van der Waals surface area (Å²) in [6, 6.07) is 10.0. The summed E-state index contributed by atoms with van der Waals surface area (Å²) in [5, 5.41) is 22.3. The molecule has 0 heterocycles. The van der Waals surface area contributed by atoms with Crippen molar-refractivity contribution in [3.63, 3.8) is 0 Å². The molecular weight excluding hydrogens is 441 g/mol. The molecule has 0 saturated heterocycles. The predicted octanol–water partition coefficient (Wildman–Crippen LogP) is 4.35. The summed E-state index contributed by atoms with van der Waals surface area (Å²) in [5.41, 5.74) is -2.25.